The fourth-order valence-electron chi connectivity index (χ4n) is 2.21. The van der Waals surface area contributed by atoms with E-state index in [-0.39, 0.29) is 0 Å². The minimum absolute atomic E-state index is 0.297. The molecule has 1 aliphatic rings. The minimum atomic E-state index is 0.297. The maximum atomic E-state index is 11.8. The van der Waals surface area contributed by atoms with Crippen LogP contribution >= 0.6 is 15.9 Å². The second-order valence-corrected chi connectivity index (χ2v) is 6.11. The van der Waals surface area contributed by atoms with E-state index in [0.717, 1.165) is 25.0 Å². The molecule has 3 heteroatoms. The first-order valence-corrected chi connectivity index (χ1v) is 7.19. The average molecular weight is 308 g/mol. The van der Waals surface area contributed by atoms with Crippen LogP contribution in [-0.4, -0.2) is 22.6 Å². The molecule has 2 rings (SSSR count). The van der Waals surface area contributed by atoms with Crippen molar-refractivity contribution in [3.8, 4) is 0 Å². The number of hydrogen-bond donors (Lipinski definition) is 0. The zero-order chi connectivity index (χ0) is 13.0. The fraction of sp³-hybridized carbons (Fsp3) is 0.400. The van der Waals surface area contributed by atoms with Gasteiger partial charge in [0.2, 0.25) is 0 Å². The van der Waals surface area contributed by atoms with Crippen LogP contribution in [0.4, 0.5) is 0 Å². The number of carbonyl (C=O) groups is 1. The lowest BCUT2D eigenvalue weighted by Gasteiger charge is -2.21. The van der Waals surface area contributed by atoms with Crippen molar-refractivity contribution >= 4 is 21.7 Å². The molecule has 0 amide bonds. The third-order valence-electron chi connectivity index (χ3n) is 3.14. The van der Waals surface area contributed by atoms with Crippen LogP contribution in [0.25, 0.3) is 0 Å². The highest BCUT2D eigenvalue weighted by atomic mass is 79.9. The molecule has 0 aliphatic heterocycles. The highest BCUT2D eigenvalue weighted by molar-refractivity contribution is 9.09. The van der Waals surface area contributed by atoms with E-state index in [1.54, 1.807) is 0 Å². The molecule has 1 aliphatic carbocycles. The van der Waals surface area contributed by atoms with Crippen LogP contribution in [0.2, 0.25) is 0 Å². The van der Waals surface area contributed by atoms with Crippen molar-refractivity contribution in [1.82, 2.24) is 4.90 Å². The molecular weight excluding hydrogens is 290 g/mol. The van der Waals surface area contributed by atoms with Gasteiger partial charge in [-0.15, -0.1) is 0 Å². The van der Waals surface area contributed by atoms with E-state index in [4.69, 9.17) is 0 Å². The van der Waals surface area contributed by atoms with Crippen LogP contribution in [0, 0.1) is 0 Å². The van der Waals surface area contributed by atoms with Crippen LogP contribution in [-0.2, 0) is 11.3 Å². The van der Waals surface area contributed by atoms with Crippen molar-refractivity contribution in [3.05, 3.63) is 47.7 Å². The lowest BCUT2D eigenvalue weighted by atomic mass is 9.94. The molecule has 0 spiro atoms. The monoisotopic (exact) mass is 307 g/mol. The molecule has 1 atom stereocenters. The van der Waals surface area contributed by atoms with Gasteiger partial charge in [0.05, 0.1) is 0 Å². The van der Waals surface area contributed by atoms with Gasteiger partial charge < -0.3 is 4.90 Å². The second kappa shape index (κ2) is 6.19. The molecule has 1 aromatic rings. The van der Waals surface area contributed by atoms with Gasteiger partial charge in [0, 0.05) is 36.6 Å². The number of halogens is 1. The Balaban J connectivity index is 2.01. The number of rotatable bonds is 3. The zero-order valence-corrected chi connectivity index (χ0v) is 12.2. The number of nitrogens with zero attached hydrogens (tertiary/aromatic N) is 1. The van der Waals surface area contributed by atoms with Crippen LogP contribution < -0.4 is 0 Å². The number of benzene rings is 1. The lowest BCUT2D eigenvalue weighted by Crippen LogP contribution is -2.20. The first-order valence-electron chi connectivity index (χ1n) is 6.27. The summed E-state index contributed by atoms with van der Waals surface area (Å²) in [4.78, 5) is 14.4. The van der Waals surface area contributed by atoms with E-state index in [9.17, 15) is 4.79 Å². The molecule has 0 aromatic heterocycles. The SMILES string of the molecule is CN(/C=C1\CC(Br)CCC1=O)Cc1ccccc1. The smallest absolute Gasteiger partial charge is 0.160 e. The van der Waals surface area contributed by atoms with Gasteiger partial charge in [-0.3, -0.25) is 4.79 Å². The summed E-state index contributed by atoms with van der Waals surface area (Å²) >= 11 is 3.60. The van der Waals surface area contributed by atoms with Gasteiger partial charge in [-0.1, -0.05) is 46.3 Å². The van der Waals surface area contributed by atoms with Crippen molar-refractivity contribution in [2.24, 2.45) is 0 Å². The Morgan fingerprint density at radius 3 is 2.83 bits per heavy atom. The quantitative estimate of drug-likeness (QED) is 0.629. The van der Waals surface area contributed by atoms with Gasteiger partial charge in [0.15, 0.2) is 5.78 Å². The van der Waals surface area contributed by atoms with Crippen LogP contribution in [0.5, 0.6) is 0 Å². The van der Waals surface area contributed by atoms with E-state index in [0.29, 0.717) is 17.0 Å². The predicted octanol–water partition coefficient (Wildman–Crippen LogP) is 3.52. The van der Waals surface area contributed by atoms with Crippen molar-refractivity contribution in [1.29, 1.82) is 0 Å². The number of ketones is 1. The highest BCUT2D eigenvalue weighted by Gasteiger charge is 2.21. The Bertz CT molecular complexity index is 441. The molecule has 0 heterocycles. The molecule has 1 saturated carbocycles. The summed E-state index contributed by atoms with van der Waals surface area (Å²) in [7, 11) is 2.02. The molecule has 0 saturated heterocycles. The van der Waals surface area contributed by atoms with Gasteiger partial charge in [0.1, 0.15) is 0 Å². The molecular formula is C15H18BrNO. The number of alkyl halides is 1. The number of hydrogen-bond acceptors (Lipinski definition) is 2. The summed E-state index contributed by atoms with van der Waals surface area (Å²) in [6, 6.07) is 10.3. The summed E-state index contributed by atoms with van der Waals surface area (Å²) < 4.78 is 0. The summed E-state index contributed by atoms with van der Waals surface area (Å²) in [5.41, 5.74) is 2.21. The van der Waals surface area contributed by atoms with Crippen LogP contribution in [0.1, 0.15) is 24.8 Å². The van der Waals surface area contributed by atoms with Gasteiger partial charge in [-0.2, -0.15) is 0 Å². The third-order valence-corrected chi connectivity index (χ3v) is 3.92. The van der Waals surface area contributed by atoms with E-state index in [2.05, 4.69) is 33.0 Å². The highest BCUT2D eigenvalue weighted by Crippen LogP contribution is 2.26. The van der Waals surface area contributed by atoms with Crippen molar-refractivity contribution in [2.45, 2.75) is 30.6 Å². The predicted molar refractivity (Wildman–Crippen MR) is 77.6 cm³/mol. The largest absolute Gasteiger partial charge is 0.376 e. The average Bonchev–Trinajstić information content (AvgIpc) is 2.35. The molecule has 0 N–H and O–H groups in total. The summed E-state index contributed by atoms with van der Waals surface area (Å²) in [5.74, 6) is 0.297. The van der Waals surface area contributed by atoms with E-state index in [1.165, 1.54) is 5.56 Å². The van der Waals surface area contributed by atoms with E-state index in [1.807, 2.05) is 31.4 Å². The van der Waals surface area contributed by atoms with Crippen LogP contribution in [0.3, 0.4) is 0 Å². The zero-order valence-electron chi connectivity index (χ0n) is 10.6. The Labute approximate surface area is 117 Å². The molecule has 0 bridgehead atoms. The van der Waals surface area contributed by atoms with Crippen molar-refractivity contribution in [3.63, 3.8) is 0 Å². The first-order chi connectivity index (χ1) is 8.65. The minimum Gasteiger partial charge on any atom is -0.376 e. The summed E-state index contributed by atoms with van der Waals surface area (Å²) in [6.07, 6.45) is 4.47. The van der Waals surface area contributed by atoms with Gasteiger partial charge >= 0.3 is 0 Å². The molecule has 0 radical (unpaired) electrons. The molecule has 1 aromatic carbocycles. The Hall–Kier alpha value is -1.09. The Kier molecular flexibility index (Phi) is 4.59. The normalized spacial score (nSPS) is 22.2. The number of allylic oxidation sites excluding steroid dienone is 1. The number of carbonyl (C=O) groups excluding carboxylic acids is 1. The molecule has 18 heavy (non-hydrogen) atoms. The second-order valence-electron chi connectivity index (χ2n) is 4.82. The summed E-state index contributed by atoms with van der Waals surface area (Å²) in [6.45, 7) is 0.838. The third kappa shape index (κ3) is 3.70. The van der Waals surface area contributed by atoms with Crippen LogP contribution in [0.15, 0.2) is 42.1 Å². The van der Waals surface area contributed by atoms with Gasteiger partial charge in [-0.05, 0) is 18.4 Å². The maximum Gasteiger partial charge on any atom is 0.160 e. The maximum absolute atomic E-state index is 11.8. The fourth-order valence-corrected chi connectivity index (χ4v) is 2.79. The molecule has 2 nitrogen and oxygen atoms in total. The number of Topliss-reactive ketones (excluding diaryl/α,β-unsaturated/α-hetero) is 1. The van der Waals surface area contributed by atoms with E-state index >= 15 is 0 Å². The molecule has 1 unspecified atom stereocenters. The lowest BCUT2D eigenvalue weighted by molar-refractivity contribution is -0.116. The first kappa shape index (κ1) is 13.3. The molecule has 1 fully saturated rings. The van der Waals surface area contributed by atoms with Crippen molar-refractivity contribution in [2.75, 3.05) is 7.05 Å². The van der Waals surface area contributed by atoms with Gasteiger partial charge in [-0.25, -0.2) is 0 Å². The van der Waals surface area contributed by atoms with Crippen molar-refractivity contribution < 1.29 is 4.79 Å². The molecule has 96 valence electrons. The standard InChI is InChI=1S/C15H18BrNO/c1-17(10-12-5-3-2-4-6-12)11-13-9-14(16)7-8-15(13)18/h2-6,11,14H,7-10H2,1H3/b13-11+. The topological polar surface area (TPSA) is 20.3 Å². The van der Waals surface area contributed by atoms with Gasteiger partial charge in [0.25, 0.3) is 0 Å². The Morgan fingerprint density at radius 1 is 1.39 bits per heavy atom. The Morgan fingerprint density at radius 2 is 2.11 bits per heavy atom. The van der Waals surface area contributed by atoms with E-state index < -0.39 is 0 Å². The summed E-state index contributed by atoms with van der Waals surface area (Å²) in [5, 5.41) is 0.